The average molecular weight is 229 g/mol. The maximum absolute atomic E-state index is 4.40. The molecule has 0 saturated heterocycles. The van der Waals surface area contributed by atoms with Crippen LogP contribution in [0, 0.1) is 0 Å². The van der Waals surface area contributed by atoms with Crippen molar-refractivity contribution >= 4 is 11.0 Å². The van der Waals surface area contributed by atoms with Crippen molar-refractivity contribution in [3.8, 4) is 0 Å². The molecule has 90 valence electrons. The second-order valence-corrected chi connectivity index (χ2v) is 4.16. The molecule has 0 aliphatic heterocycles. The van der Waals surface area contributed by atoms with Crippen LogP contribution in [-0.4, -0.2) is 22.1 Å². The van der Waals surface area contributed by atoms with Gasteiger partial charge in [0.25, 0.3) is 0 Å². The fourth-order valence-electron chi connectivity index (χ4n) is 2.11. The van der Waals surface area contributed by atoms with E-state index in [0.29, 0.717) is 6.04 Å². The highest BCUT2D eigenvalue weighted by Gasteiger charge is 2.08. The Morgan fingerprint density at radius 1 is 1.47 bits per heavy atom. The third-order valence-corrected chi connectivity index (χ3v) is 2.89. The molecule has 1 unspecified atom stereocenters. The van der Waals surface area contributed by atoms with Gasteiger partial charge in [0, 0.05) is 12.6 Å². The lowest BCUT2D eigenvalue weighted by molar-refractivity contribution is 0.467. The van der Waals surface area contributed by atoms with Crippen LogP contribution >= 0.6 is 0 Å². The minimum atomic E-state index is 0.426. The number of rotatable bonds is 6. The molecule has 0 aliphatic carbocycles. The van der Waals surface area contributed by atoms with E-state index in [1.165, 1.54) is 5.52 Å². The van der Waals surface area contributed by atoms with Crippen molar-refractivity contribution in [2.45, 2.75) is 25.9 Å². The maximum Gasteiger partial charge on any atom is 0.0958 e. The minimum absolute atomic E-state index is 0.426. The number of aromatic nitrogens is 2. The smallest absolute Gasteiger partial charge is 0.0958 e. The largest absolute Gasteiger partial charge is 0.329 e. The van der Waals surface area contributed by atoms with Gasteiger partial charge in [-0.05, 0) is 25.1 Å². The van der Waals surface area contributed by atoms with Gasteiger partial charge >= 0.3 is 0 Å². The van der Waals surface area contributed by atoms with E-state index in [2.05, 4.69) is 40.5 Å². The molecule has 0 spiro atoms. The molecule has 0 fully saturated rings. The monoisotopic (exact) mass is 229 g/mol. The highest BCUT2D eigenvalue weighted by atomic mass is 15.1. The third-order valence-electron chi connectivity index (χ3n) is 2.89. The molecular formula is C14H19N3. The Morgan fingerprint density at radius 3 is 3.06 bits per heavy atom. The summed E-state index contributed by atoms with van der Waals surface area (Å²) in [7, 11) is 0. The van der Waals surface area contributed by atoms with Crippen LogP contribution in [0.15, 0.2) is 43.2 Å². The van der Waals surface area contributed by atoms with E-state index in [9.17, 15) is 0 Å². The lowest BCUT2D eigenvalue weighted by Crippen LogP contribution is -2.32. The van der Waals surface area contributed by atoms with Crippen LogP contribution in [0.5, 0.6) is 0 Å². The van der Waals surface area contributed by atoms with Crippen molar-refractivity contribution in [2.75, 3.05) is 6.54 Å². The second kappa shape index (κ2) is 5.64. The van der Waals surface area contributed by atoms with Crippen LogP contribution in [0.4, 0.5) is 0 Å². The first-order valence-electron chi connectivity index (χ1n) is 6.09. The molecule has 0 bridgehead atoms. The molecular weight excluding hydrogens is 210 g/mol. The van der Waals surface area contributed by atoms with E-state index >= 15 is 0 Å². The molecule has 3 heteroatoms. The lowest BCUT2D eigenvalue weighted by Gasteiger charge is -2.17. The molecule has 1 aromatic heterocycles. The number of nitrogens with zero attached hydrogens (tertiary/aromatic N) is 2. The summed E-state index contributed by atoms with van der Waals surface area (Å²) in [6.07, 6.45) is 4.85. The number of nitrogens with one attached hydrogen (secondary N) is 1. The van der Waals surface area contributed by atoms with Crippen LogP contribution in [0.1, 0.15) is 13.3 Å². The molecule has 0 aliphatic rings. The van der Waals surface area contributed by atoms with E-state index in [-0.39, 0.29) is 0 Å². The highest BCUT2D eigenvalue weighted by molar-refractivity contribution is 5.74. The number of hydrogen-bond acceptors (Lipinski definition) is 2. The van der Waals surface area contributed by atoms with E-state index in [4.69, 9.17) is 0 Å². The molecule has 1 aromatic carbocycles. The Balaban J connectivity index is 2.18. The molecule has 0 radical (unpaired) electrons. The molecule has 2 aromatic rings. The Hall–Kier alpha value is -1.61. The SMILES string of the molecule is C=CCC(Cn1cnc2ccccc21)NCC. The predicted octanol–water partition coefficient (Wildman–Crippen LogP) is 2.59. The van der Waals surface area contributed by atoms with Gasteiger partial charge in [0.15, 0.2) is 0 Å². The molecule has 0 amide bonds. The van der Waals surface area contributed by atoms with Crippen molar-refractivity contribution in [3.63, 3.8) is 0 Å². The summed E-state index contributed by atoms with van der Waals surface area (Å²) in [5.74, 6) is 0. The normalized spacial score (nSPS) is 12.8. The van der Waals surface area contributed by atoms with Gasteiger partial charge in [0.2, 0.25) is 0 Å². The zero-order valence-electron chi connectivity index (χ0n) is 10.3. The molecule has 0 saturated carbocycles. The van der Waals surface area contributed by atoms with Gasteiger partial charge in [-0.2, -0.15) is 0 Å². The standard InChI is InChI=1S/C14H19N3/c1-3-7-12(15-4-2)10-17-11-16-13-8-5-6-9-14(13)17/h3,5-6,8-9,11-12,15H,1,4,7,10H2,2H3. The number of likely N-dealkylation sites (N-methyl/N-ethyl adjacent to an activating group) is 1. The van der Waals surface area contributed by atoms with E-state index in [1.54, 1.807) is 0 Å². The molecule has 3 nitrogen and oxygen atoms in total. The minimum Gasteiger partial charge on any atom is -0.329 e. The summed E-state index contributed by atoms with van der Waals surface area (Å²) in [6.45, 7) is 7.84. The number of imidazole rings is 1. The number of benzene rings is 1. The first-order chi connectivity index (χ1) is 8.35. The van der Waals surface area contributed by atoms with Gasteiger partial charge < -0.3 is 9.88 Å². The van der Waals surface area contributed by atoms with Gasteiger partial charge in [-0.1, -0.05) is 25.1 Å². The van der Waals surface area contributed by atoms with Crippen molar-refractivity contribution in [2.24, 2.45) is 0 Å². The first kappa shape index (κ1) is 11.9. The van der Waals surface area contributed by atoms with Crippen molar-refractivity contribution in [3.05, 3.63) is 43.2 Å². The fraction of sp³-hybridized carbons (Fsp3) is 0.357. The van der Waals surface area contributed by atoms with Crippen LogP contribution in [0.2, 0.25) is 0 Å². The zero-order chi connectivity index (χ0) is 12.1. The number of fused-ring (bicyclic) bond motifs is 1. The van der Waals surface area contributed by atoms with E-state index in [0.717, 1.165) is 25.0 Å². The lowest BCUT2D eigenvalue weighted by atomic mass is 10.2. The molecule has 1 N–H and O–H groups in total. The van der Waals surface area contributed by atoms with E-state index in [1.807, 2.05) is 24.5 Å². The molecule has 17 heavy (non-hydrogen) atoms. The van der Waals surface area contributed by atoms with Crippen molar-refractivity contribution < 1.29 is 0 Å². The molecule has 1 atom stereocenters. The van der Waals surface area contributed by atoms with Crippen LogP contribution < -0.4 is 5.32 Å². The fourth-order valence-corrected chi connectivity index (χ4v) is 2.11. The Bertz CT molecular complexity index is 487. The van der Waals surface area contributed by atoms with Crippen LogP contribution in [0.3, 0.4) is 0 Å². The van der Waals surface area contributed by atoms with Gasteiger partial charge in [-0.3, -0.25) is 0 Å². The quantitative estimate of drug-likeness (QED) is 0.772. The van der Waals surface area contributed by atoms with Gasteiger partial charge in [-0.25, -0.2) is 4.98 Å². The van der Waals surface area contributed by atoms with E-state index < -0.39 is 0 Å². The van der Waals surface area contributed by atoms with Crippen molar-refractivity contribution in [1.29, 1.82) is 0 Å². The Kier molecular flexibility index (Phi) is 3.94. The van der Waals surface area contributed by atoms with Gasteiger partial charge in [0.1, 0.15) is 0 Å². The van der Waals surface area contributed by atoms with Crippen LogP contribution in [-0.2, 0) is 6.54 Å². The second-order valence-electron chi connectivity index (χ2n) is 4.16. The summed E-state index contributed by atoms with van der Waals surface area (Å²) in [5.41, 5.74) is 2.25. The summed E-state index contributed by atoms with van der Waals surface area (Å²) in [4.78, 5) is 4.40. The topological polar surface area (TPSA) is 29.9 Å². The van der Waals surface area contributed by atoms with Gasteiger partial charge in [-0.15, -0.1) is 6.58 Å². The summed E-state index contributed by atoms with van der Waals surface area (Å²) >= 11 is 0. The summed E-state index contributed by atoms with van der Waals surface area (Å²) < 4.78 is 2.20. The van der Waals surface area contributed by atoms with Crippen LogP contribution in [0.25, 0.3) is 11.0 Å². The summed E-state index contributed by atoms with van der Waals surface area (Å²) in [5, 5.41) is 3.47. The maximum atomic E-state index is 4.40. The van der Waals surface area contributed by atoms with Gasteiger partial charge in [0.05, 0.1) is 17.4 Å². The molecule has 2 rings (SSSR count). The third kappa shape index (κ3) is 2.74. The average Bonchev–Trinajstić information content (AvgIpc) is 2.74. The van der Waals surface area contributed by atoms with Crippen molar-refractivity contribution in [1.82, 2.24) is 14.9 Å². The Labute approximate surface area is 102 Å². The Morgan fingerprint density at radius 2 is 2.29 bits per heavy atom. The summed E-state index contributed by atoms with van der Waals surface area (Å²) in [6, 6.07) is 8.65. The molecule has 1 heterocycles. The first-order valence-corrected chi connectivity index (χ1v) is 6.09. The highest BCUT2D eigenvalue weighted by Crippen LogP contribution is 2.12. The number of para-hydroxylation sites is 2. The number of hydrogen-bond donors (Lipinski definition) is 1. The predicted molar refractivity (Wildman–Crippen MR) is 72.0 cm³/mol. The zero-order valence-corrected chi connectivity index (χ0v) is 10.3.